The minimum atomic E-state index is -4.64. The van der Waals surface area contributed by atoms with Gasteiger partial charge in [0.2, 0.25) is 0 Å². The van der Waals surface area contributed by atoms with Crippen LogP contribution in [0.2, 0.25) is 0 Å². The Hall–Kier alpha value is -1.47. The number of anilines is 1. The van der Waals surface area contributed by atoms with Crippen LogP contribution < -0.4 is 9.64 Å². The van der Waals surface area contributed by atoms with Gasteiger partial charge in [-0.15, -0.1) is 13.2 Å². The van der Waals surface area contributed by atoms with Gasteiger partial charge in [0.25, 0.3) is 0 Å². The molecule has 4 nitrogen and oxygen atoms in total. The SMILES string of the molecule is CCC(C)N1CCCC(CN2CCN(c3ccc(OC(F)(F)F)cc3)CC2)C1. The lowest BCUT2D eigenvalue weighted by atomic mass is 9.95. The Morgan fingerprint density at radius 3 is 2.36 bits per heavy atom. The van der Waals surface area contributed by atoms with Crippen molar-refractivity contribution in [3.63, 3.8) is 0 Å². The van der Waals surface area contributed by atoms with Gasteiger partial charge in [0.05, 0.1) is 0 Å². The van der Waals surface area contributed by atoms with Crippen molar-refractivity contribution in [2.45, 2.75) is 45.5 Å². The van der Waals surface area contributed by atoms with Gasteiger partial charge >= 0.3 is 6.36 Å². The first-order valence-corrected chi connectivity index (χ1v) is 10.4. The maximum Gasteiger partial charge on any atom is 0.573 e. The van der Waals surface area contributed by atoms with Crippen LogP contribution in [0.5, 0.6) is 5.75 Å². The summed E-state index contributed by atoms with van der Waals surface area (Å²) in [5, 5.41) is 0. The maximum atomic E-state index is 12.3. The molecule has 0 N–H and O–H groups in total. The molecule has 2 aliphatic heterocycles. The van der Waals surface area contributed by atoms with E-state index in [4.69, 9.17) is 0 Å². The Balaban J connectivity index is 1.45. The lowest BCUT2D eigenvalue weighted by Crippen LogP contribution is -2.50. The number of rotatable bonds is 6. The van der Waals surface area contributed by atoms with Crippen molar-refractivity contribution in [2.75, 3.05) is 50.7 Å². The summed E-state index contributed by atoms with van der Waals surface area (Å²) in [5.41, 5.74) is 0.954. The number of halogens is 3. The molecule has 158 valence electrons. The third-order valence-electron chi connectivity index (χ3n) is 6.09. The van der Waals surface area contributed by atoms with Gasteiger partial charge < -0.3 is 14.5 Å². The molecule has 7 heteroatoms. The molecule has 0 amide bonds. The third-order valence-corrected chi connectivity index (χ3v) is 6.09. The molecule has 0 aliphatic carbocycles. The summed E-state index contributed by atoms with van der Waals surface area (Å²) >= 11 is 0. The topological polar surface area (TPSA) is 19.0 Å². The molecule has 2 atom stereocenters. The second-order valence-corrected chi connectivity index (χ2v) is 8.09. The summed E-state index contributed by atoms with van der Waals surface area (Å²) in [5.74, 6) is 0.575. The first-order chi connectivity index (χ1) is 13.3. The average Bonchev–Trinajstić information content (AvgIpc) is 2.68. The van der Waals surface area contributed by atoms with Crippen LogP contribution in [0.1, 0.15) is 33.1 Å². The number of likely N-dealkylation sites (tertiary alicyclic amines) is 1. The van der Waals surface area contributed by atoms with Crippen LogP contribution in [0.15, 0.2) is 24.3 Å². The quantitative estimate of drug-likeness (QED) is 0.713. The van der Waals surface area contributed by atoms with Crippen LogP contribution in [0, 0.1) is 5.92 Å². The highest BCUT2D eigenvalue weighted by atomic mass is 19.4. The number of benzene rings is 1. The highest BCUT2D eigenvalue weighted by Crippen LogP contribution is 2.26. The van der Waals surface area contributed by atoms with E-state index in [0.717, 1.165) is 44.3 Å². The molecule has 1 aromatic carbocycles. The van der Waals surface area contributed by atoms with Gasteiger partial charge in [-0.05, 0) is 62.9 Å². The Morgan fingerprint density at radius 2 is 1.75 bits per heavy atom. The van der Waals surface area contributed by atoms with E-state index in [0.29, 0.717) is 6.04 Å². The molecule has 1 aromatic rings. The zero-order valence-electron chi connectivity index (χ0n) is 16.9. The Morgan fingerprint density at radius 1 is 1.07 bits per heavy atom. The van der Waals surface area contributed by atoms with E-state index in [-0.39, 0.29) is 5.75 Å². The molecule has 28 heavy (non-hydrogen) atoms. The van der Waals surface area contributed by atoms with Gasteiger partial charge in [-0.25, -0.2) is 0 Å². The Bertz CT molecular complexity index is 600. The molecule has 0 bridgehead atoms. The minimum Gasteiger partial charge on any atom is -0.406 e. The first kappa shape index (κ1) is 21.2. The maximum absolute atomic E-state index is 12.3. The molecule has 2 saturated heterocycles. The molecular weight excluding hydrogens is 367 g/mol. The summed E-state index contributed by atoms with van der Waals surface area (Å²) in [6.07, 6.45) is -0.829. The van der Waals surface area contributed by atoms with Gasteiger partial charge in [-0.2, -0.15) is 0 Å². The summed E-state index contributed by atoms with van der Waals surface area (Å²) in [6.45, 7) is 12.0. The number of piperidine rings is 1. The van der Waals surface area contributed by atoms with Crippen LogP contribution in [0.4, 0.5) is 18.9 Å². The summed E-state index contributed by atoms with van der Waals surface area (Å²) in [7, 11) is 0. The molecule has 3 rings (SSSR count). The predicted octanol–water partition coefficient (Wildman–Crippen LogP) is 4.22. The van der Waals surface area contributed by atoms with Gasteiger partial charge in [0, 0.05) is 51.0 Å². The van der Waals surface area contributed by atoms with Crippen molar-refractivity contribution < 1.29 is 17.9 Å². The standard InChI is InChI=1S/C21H32F3N3O/c1-3-17(2)27-10-4-5-18(16-27)15-25-11-13-26(14-12-25)19-6-8-20(9-7-19)28-21(22,23)24/h6-9,17-18H,3-5,10-16H2,1-2H3. The fourth-order valence-corrected chi connectivity index (χ4v) is 4.32. The Labute approximate surface area is 166 Å². The molecule has 2 fully saturated rings. The molecule has 2 unspecified atom stereocenters. The van der Waals surface area contributed by atoms with E-state index in [1.54, 1.807) is 12.1 Å². The van der Waals surface area contributed by atoms with Crippen LogP contribution in [-0.4, -0.2) is 68.0 Å². The summed E-state index contributed by atoms with van der Waals surface area (Å²) in [6, 6.07) is 6.87. The van der Waals surface area contributed by atoms with E-state index in [1.165, 1.54) is 44.5 Å². The molecular formula is C21H32F3N3O. The summed E-state index contributed by atoms with van der Waals surface area (Å²) < 4.78 is 40.8. The third kappa shape index (κ3) is 6.01. The lowest BCUT2D eigenvalue weighted by Gasteiger charge is -2.41. The molecule has 2 heterocycles. The fraction of sp³-hybridized carbons (Fsp3) is 0.714. The van der Waals surface area contributed by atoms with Crippen molar-refractivity contribution in [1.29, 1.82) is 0 Å². The second-order valence-electron chi connectivity index (χ2n) is 8.09. The molecule has 2 aliphatic rings. The van der Waals surface area contributed by atoms with Crippen LogP contribution in [0.3, 0.4) is 0 Å². The number of alkyl halides is 3. The molecule has 0 radical (unpaired) electrons. The van der Waals surface area contributed by atoms with Crippen molar-refractivity contribution in [1.82, 2.24) is 9.80 Å². The van der Waals surface area contributed by atoms with E-state index in [9.17, 15) is 13.2 Å². The van der Waals surface area contributed by atoms with Crippen LogP contribution in [0.25, 0.3) is 0 Å². The zero-order chi connectivity index (χ0) is 20.1. The predicted molar refractivity (Wildman–Crippen MR) is 106 cm³/mol. The first-order valence-electron chi connectivity index (χ1n) is 10.4. The second kappa shape index (κ2) is 9.35. The van der Waals surface area contributed by atoms with Crippen molar-refractivity contribution in [2.24, 2.45) is 5.92 Å². The van der Waals surface area contributed by atoms with Crippen LogP contribution in [-0.2, 0) is 0 Å². The van der Waals surface area contributed by atoms with Crippen molar-refractivity contribution in [3.8, 4) is 5.75 Å². The highest BCUT2D eigenvalue weighted by Gasteiger charge is 2.31. The number of nitrogens with zero attached hydrogens (tertiary/aromatic N) is 3. The van der Waals surface area contributed by atoms with Gasteiger partial charge in [-0.1, -0.05) is 6.92 Å². The number of hydrogen-bond acceptors (Lipinski definition) is 4. The molecule has 0 saturated carbocycles. The van der Waals surface area contributed by atoms with Gasteiger partial charge in [-0.3, -0.25) is 4.90 Å². The average molecular weight is 400 g/mol. The lowest BCUT2D eigenvalue weighted by molar-refractivity contribution is -0.274. The normalized spacial score (nSPS) is 23.6. The van der Waals surface area contributed by atoms with E-state index >= 15 is 0 Å². The van der Waals surface area contributed by atoms with Gasteiger partial charge in [0.1, 0.15) is 5.75 Å². The molecule has 0 spiro atoms. The smallest absolute Gasteiger partial charge is 0.406 e. The van der Waals surface area contributed by atoms with Crippen LogP contribution >= 0.6 is 0 Å². The highest BCUT2D eigenvalue weighted by molar-refractivity contribution is 5.49. The van der Waals surface area contributed by atoms with Crippen molar-refractivity contribution in [3.05, 3.63) is 24.3 Å². The largest absolute Gasteiger partial charge is 0.573 e. The fourth-order valence-electron chi connectivity index (χ4n) is 4.32. The zero-order valence-corrected chi connectivity index (χ0v) is 16.9. The van der Waals surface area contributed by atoms with E-state index in [1.807, 2.05) is 0 Å². The number of hydrogen-bond donors (Lipinski definition) is 0. The minimum absolute atomic E-state index is 0.168. The molecule has 0 aromatic heterocycles. The number of ether oxygens (including phenoxy) is 1. The van der Waals surface area contributed by atoms with E-state index < -0.39 is 6.36 Å². The van der Waals surface area contributed by atoms with Crippen molar-refractivity contribution >= 4 is 5.69 Å². The number of piperazine rings is 1. The summed E-state index contributed by atoms with van der Waals surface area (Å²) in [4.78, 5) is 7.41. The van der Waals surface area contributed by atoms with E-state index in [2.05, 4.69) is 33.3 Å². The monoisotopic (exact) mass is 399 g/mol. The van der Waals surface area contributed by atoms with Gasteiger partial charge in [0.15, 0.2) is 0 Å². The Kier molecular flexibility index (Phi) is 7.10.